The van der Waals surface area contributed by atoms with E-state index in [1.165, 1.54) is 11.8 Å². The number of hydrogen-bond donors (Lipinski definition) is 0. The van der Waals surface area contributed by atoms with Crippen LogP contribution in [0.1, 0.15) is 22.4 Å². The van der Waals surface area contributed by atoms with Gasteiger partial charge in [-0.2, -0.15) is 0 Å². The van der Waals surface area contributed by atoms with Crippen molar-refractivity contribution >= 4 is 80.1 Å². The lowest BCUT2D eigenvalue weighted by molar-refractivity contribution is -0.113. The predicted molar refractivity (Wildman–Crippen MR) is 149 cm³/mol. The van der Waals surface area contributed by atoms with Gasteiger partial charge in [-0.15, -0.1) is 0 Å². The highest BCUT2D eigenvalue weighted by Gasteiger charge is 2.34. The van der Waals surface area contributed by atoms with E-state index in [-0.39, 0.29) is 5.91 Å². The van der Waals surface area contributed by atoms with E-state index >= 15 is 0 Å². The van der Waals surface area contributed by atoms with Gasteiger partial charge in [-0.05, 0) is 68.0 Å². The minimum atomic E-state index is -0.136. The average molecular weight is 524 g/mol. The number of hydrogen-bond acceptors (Lipinski definition) is 3. The molecule has 0 radical (unpaired) electrons. The zero-order chi connectivity index (χ0) is 24.0. The first-order chi connectivity index (χ1) is 16.3. The van der Waals surface area contributed by atoms with E-state index in [9.17, 15) is 4.79 Å². The number of thiocarbonyl (C=S) groups is 1. The summed E-state index contributed by atoms with van der Waals surface area (Å²) in [5, 5.41) is 2.39. The molecule has 34 heavy (non-hydrogen) atoms. The van der Waals surface area contributed by atoms with Crippen LogP contribution in [-0.2, 0) is 11.3 Å². The second-order valence-electron chi connectivity index (χ2n) is 8.23. The summed E-state index contributed by atoms with van der Waals surface area (Å²) >= 11 is 19.1. The highest BCUT2D eigenvalue weighted by molar-refractivity contribution is 8.27. The first kappa shape index (κ1) is 23.2. The second kappa shape index (κ2) is 9.23. The van der Waals surface area contributed by atoms with Crippen LogP contribution in [0.2, 0.25) is 10.0 Å². The summed E-state index contributed by atoms with van der Waals surface area (Å²) in [5.74, 6) is -0.136. The molecule has 170 valence electrons. The number of fused-ring (bicyclic) bond motifs is 1. The molecule has 0 unspecified atom stereocenters. The lowest BCUT2D eigenvalue weighted by Crippen LogP contribution is -2.27. The van der Waals surface area contributed by atoms with Gasteiger partial charge in [0.05, 0.1) is 10.6 Å². The van der Waals surface area contributed by atoms with Gasteiger partial charge in [0.15, 0.2) is 4.32 Å². The zero-order valence-electron chi connectivity index (χ0n) is 18.5. The molecule has 1 amide bonds. The van der Waals surface area contributed by atoms with Crippen molar-refractivity contribution in [2.45, 2.75) is 20.4 Å². The van der Waals surface area contributed by atoms with Crippen LogP contribution in [-0.4, -0.2) is 14.8 Å². The van der Waals surface area contributed by atoms with Gasteiger partial charge >= 0.3 is 0 Å². The summed E-state index contributed by atoms with van der Waals surface area (Å²) in [7, 11) is 0. The van der Waals surface area contributed by atoms with Gasteiger partial charge in [-0.3, -0.25) is 9.69 Å². The number of aromatic nitrogens is 1. The van der Waals surface area contributed by atoms with E-state index < -0.39 is 0 Å². The summed E-state index contributed by atoms with van der Waals surface area (Å²) in [6, 6.07) is 21.5. The van der Waals surface area contributed by atoms with Crippen molar-refractivity contribution in [3.63, 3.8) is 0 Å². The Hall–Kier alpha value is -2.57. The molecule has 1 aromatic heterocycles. The maximum atomic E-state index is 13.4. The predicted octanol–water partition coefficient (Wildman–Crippen LogP) is 8.02. The third-order valence-corrected chi connectivity index (χ3v) is 7.71. The van der Waals surface area contributed by atoms with E-state index in [2.05, 4.69) is 36.6 Å². The van der Waals surface area contributed by atoms with Crippen molar-refractivity contribution in [2.75, 3.05) is 4.90 Å². The fourth-order valence-electron chi connectivity index (χ4n) is 4.22. The summed E-state index contributed by atoms with van der Waals surface area (Å²) in [6.07, 6.45) is 1.97. The van der Waals surface area contributed by atoms with Crippen LogP contribution in [0.4, 0.5) is 5.69 Å². The van der Waals surface area contributed by atoms with Crippen LogP contribution < -0.4 is 4.90 Å². The number of amides is 1. The van der Waals surface area contributed by atoms with Crippen LogP contribution in [0.25, 0.3) is 17.0 Å². The lowest BCUT2D eigenvalue weighted by atomic mass is 10.1. The van der Waals surface area contributed by atoms with Crippen LogP contribution in [0.3, 0.4) is 0 Å². The Kier molecular flexibility index (Phi) is 6.30. The largest absolute Gasteiger partial charge is 0.340 e. The fourth-order valence-corrected chi connectivity index (χ4v) is 5.81. The molecule has 1 aliphatic rings. The molecule has 7 heteroatoms. The standard InChI is InChI=1S/C27H20Cl2N2OS2/c1-16-6-11-24-23(12-16)22(17(2)30(24)15-18-7-9-19(28)10-8-18)14-25-26(32)31(27(33)34-25)21-5-3-4-20(29)13-21/h3-14H,15H2,1-2H3/b25-14-. The Labute approximate surface area is 218 Å². The molecule has 0 spiro atoms. The Balaban J connectivity index is 1.59. The number of benzene rings is 3. The van der Waals surface area contributed by atoms with Crippen molar-refractivity contribution in [3.8, 4) is 0 Å². The van der Waals surface area contributed by atoms with Crippen LogP contribution >= 0.6 is 47.2 Å². The average Bonchev–Trinajstić information content (AvgIpc) is 3.22. The SMILES string of the molecule is Cc1ccc2c(c1)c(/C=C1\SC(=S)N(c3cccc(Cl)c3)C1=O)c(C)n2Cc1ccc(Cl)cc1. The summed E-state index contributed by atoms with van der Waals surface area (Å²) in [5.41, 5.74) is 6.23. The summed E-state index contributed by atoms with van der Waals surface area (Å²) in [6.45, 7) is 4.88. The summed E-state index contributed by atoms with van der Waals surface area (Å²) < 4.78 is 2.78. The molecule has 5 rings (SSSR count). The second-order valence-corrected chi connectivity index (χ2v) is 10.8. The first-order valence-corrected chi connectivity index (χ1v) is 12.7. The topological polar surface area (TPSA) is 25.2 Å². The highest BCUT2D eigenvalue weighted by atomic mass is 35.5. The maximum absolute atomic E-state index is 13.4. The smallest absolute Gasteiger partial charge is 0.270 e. The lowest BCUT2D eigenvalue weighted by Gasteiger charge is -2.14. The van der Waals surface area contributed by atoms with Crippen molar-refractivity contribution in [1.29, 1.82) is 0 Å². The zero-order valence-corrected chi connectivity index (χ0v) is 21.7. The molecule has 1 aliphatic heterocycles. The number of anilines is 1. The molecule has 0 aliphatic carbocycles. The van der Waals surface area contributed by atoms with Crippen molar-refractivity contribution < 1.29 is 4.79 Å². The van der Waals surface area contributed by atoms with Crippen LogP contribution in [0.5, 0.6) is 0 Å². The molecule has 4 aromatic rings. The monoisotopic (exact) mass is 522 g/mol. The van der Waals surface area contributed by atoms with E-state index in [0.29, 0.717) is 26.5 Å². The molecular formula is C27H20Cl2N2OS2. The third kappa shape index (κ3) is 4.29. The van der Waals surface area contributed by atoms with Gasteiger partial charge in [-0.25, -0.2) is 0 Å². The molecular weight excluding hydrogens is 503 g/mol. The van der Waals surface area contributed by atoms with Gasteiger partial charge in [0, 0.05) is 38.8 Å². The summed E-state index contributed by atoms with van der Waals surface area (Å²) in [4.78, 5) is 15.5. The number of aryl methyl sites for hydroxylation is 1. The van der Waals surface area contributed by atoms with Gasteiger partial charge in [0.1, 0.15) is 0 Å². The number of halogens is 2. The quantitative estimate of drug-likeness (QED) is 0.200. The van der Waals surface area contributed by atoms with E-state index in [1.54, 1.807) is 17.0 Å². The Bertz CT molecular complexity index is 1490. The normalized spacial score (nSPS) is 15.2. The third-order valence-electron chi connectivity index (χ3n) is 5.92. The van der Waals surface area contributed by atoms with Gasteiger partial charge < -0.3 is 4.57 Å². The molecule has 0 bridgehead atoms. The molecule has 2 heterocycles. The fraction of sp³-hybridized carbons (Fsp3) is 0.111. The van der Waals surface area contributed by atoms with Gasteiger partial charge in [0.25, 0.3) is 5.91 Å². The first-order valence-electron chi connectivity index (χ1n) is 10.7. The molecule has 1 saturated heterocycles. The number of thioether (sulfide) groups is 1. The van der Waals surface area contributed by atoms with Gasteiger partial charge in [0.2, 0.25) is 0 Å². The minimum absolute atomic E-state index is 0.136. The van der Waals surface area contributed by atoms with Crippen molar-refractivity contribution in [3.05, 3.63) is 104 Å². The van der Waals surface area contributed by atoms with Crippen LogP contribution in [0.15, 0.2) is 71.6 Å². The highest BCUT2D eigenvalue weighted by Crippen LogP contribution is 2.39. The number of carbonyl (C=O) groups excluding carboxylic acids is 1. The Morgan fingerprint density at radius 3 is 2.47 bits per heavy atom. The number of nitrogens with zero attached hydrogens (tertiary/aromatic N) is 2. The van der Waals surface area contributed by atoms with Crippen molar-refractivity contribution in [1.82, 2.24) is 4.57 Å². The Morgan fingerprint density at radius 2 is 1.74 bits per heavy atom. The molecule has 3 aromatic carbocycles. The minimum Gasteiger partial charge on any atom is -0.340 e. The Morgan fingerprint density at radius 1 is 0.971 bits per heavy atom. The van der Waals surface area contributed by atoms with Gasteiger partial charge in [-0.1, -0.05) is 77.0 Å². The molecule has 0 N–H and O–H groups in total. The van der Waals surface area contributed by atoms with E-state index in [0.717, 1.165) is 38.3 Å². The van der Waals surface area contributed by atoms with E-state index in [4.69, 9.17) is 35.4 Å². The number of carbonyl (C=O) groups is 1. The number of rotatable bonds is 4. The van der Waals surface area contributed by atoms with E-state index in [1.807, 2.05) is 42.5 Å². The molecule has 0 saturated carbocycles. The molecule has 0 atom stereocenters. The molecule has 3 nitrogen and oxygen atoms in total. The molecule has 1 fully saturated rings. The van der Waals surface area contributed by atoms with Crippen molar-refractivity contribution in [2.24, 2.45) is 0 Å². The maximum Gasteiger partial charge on any atom is 0.270 e. The van der Waals surface area contributed by atoms with Crippen LogP contribution in [0, 0.1) is 13.8 Å².